The zero-order valence-electron chi connectivity index (χ0n) is 11.7. The maximum atomic E-state index is 6.02. The van der Waals surface area contributed by atoms with E-state index in [2.05, 4.69) is 17.1 Å². The summed E-state index contributed by atoms with van der Waals surface area (Å²) in [6.45, 7) is 0. The molecule has 1 atom stereocenters. The number of pyridine rings is 1. The number of hydrogen-bond acceptors (Lipinski definition) is 5. The van der Waals surface area contributed by atoms with Crippen LogP contribution in [-0.4, -0.2) is 15.9 Å². The number of aryl methyl sites for hydroxylation is 1. The summed E-state index contributed by atoms with van der Waals surface area (Å²) < 4.78 is 0. The average Bonchev–Trinajstić information content (AvgIpc) is 2.94. The molecule has 1 unspecified atom stereocenters. The number of aliphatic imine (C=N–C) groups is 1. The third-order valence-corrected chi connectivity index (χ3v) is 6.38. The van der Waals surface area contributed by atoms with Crippen LogP contribution in [0.5, 0.6) is 0 Å². The van der Waals surface area contributed by atoms with Crippen LogP contribution in [0.1, 0.15) is 29.7 Å². The normalized spacial score (nSPS) is 24.7. The summed E-state index contributed by atoms with van der Waals surface area (Å²) in [6, 6.07) is 6.46. The highest BCUT2D eigenvalue weighted by molar-refractivity contribution is 8.13. The van der Waals surface area contributed by atoms with E-state index in [-0.39, 0.29) is 5.54 Å². The van der Waals surface area contributed by atoms with Gasteiger partial charge in [-0.05, 0) is 43.4 Å². The molecule has 0 amide bonds. The molecule has 0 saturated carbocycles. The number of rotatable bonds is 1. The molecule has 1 aliphatic heterocycles. The van der Waals surface area contributed by atoms with E-state index < -0.39 is 0 Å². The first-order chi connectivity index (χ1) is 10.3. The van der Waals surface area contributed by atoms with Crippen molar-refractivity contribution in [2.45, 2.75) is 31.2 Å². The Labute approximate surface area is 132 Å². The first kappa shape index (κ1) is 13.3. The zero-order chi connectivity index (χ0) is 14.3. The third-order valence-electron chi connectivity index (χ3n) is 4.34. The highest BCUT2D eigenvalue weighted by Crippen LogP contribution is 2.48. The number of nitrogens with zero attached hydrogens (tertiary/aromatic N) is 2. The lowest BCUT2D eigenvalue weighted by Crippen LogP contribution is -2.34. The standard InChI is InChI=1S/C16H17N3S2/c17-15-19-16(6-8-20-15)5-1-4-13-12(16)9-14(21-13)11-3-2-7-18-10-11/h2-3,7,9-10H,1,4-6,8H2,(H2,17,19). The van der Waals surface area contributed by atoms with Gasteiger partial charge >= 0.3 is 0 Å². The van der Waals surface area contributed by atoms with Crippen LogP contribution in [0, 0.1) is 0 Å². The van der Waals surface area contributed by atoms with Crippen molar-refractivity contribution in [2.24, 2.45) is 10.7 Å². The molecular formula is C16H17N3S2. The van der Waals surface area contributed by atoms with Crippen LogP contribution in [-0.2, 0) is 12.0 Å². The van der Waals surface area contributed by atoms with Crippen LogP contribution in [0.15, 0.2) is 35.6 Å². The fourth-order valence-electron chi connectivity index (χ4n) is 3.33. The fraction of sp³-hybridized carbons (Fsp3) is 0.375. The second-order valence-electron chi connectivity index (χ2n) is 5.62. The Morgan fingerprint density at radius 1 is 1.29 bits per heavy atom. The molecule has 4 rings (SSSR count). The highest BCUT2D eigenvalue weighted by atomic mass is 32.2. The van der Waals surface area contributed by atoms with Gasteiger partial charge in [-0.2, -0.15) is 0 Å². The minimum absolute atomic E-state index is 0.0557. The van der Waals surface area contributed by atoms with Crippen molar-refractivity contribution in [3.05, 3.63) is 41.0 Å². The molecule has 3 nitrogen and oxygen atoms in total. The minimum atomic E-state index is -0.0557. The first-order valence-corrected chi connectivity index (χ1v) is 9.09. The SMILES string of the molecule is NC1=NC2(CCCc3sc(-c4cccnc4)cc32)CCS1. The fourth-order valence-corrected chi connectivity index (χ4v) is 5.51. The molecule has 1 aliphatic carbocycles. The molecule has 108 valence electrons. The number of fused-ring (bicyclic) bond motifs is 2. The summed E-state index contributed by atoms with van der Waals surface area (Å²) in [6.07, 6.45) is 8.38. The zero-order valence-corrected chi connectivity index (χ0v) is 13.3. The lowest BCUT2D eigenvalue weighted by atomic mass is 9.78. The van der Waals surface area contributed by atoms with E-state index in [4.69, 9.17) is 10.7 Å². The number of nitrogens with two attached hydrogens (primary N) is 1. The summed E-state index contributed by atoms with van der Waals surface area (Å²) in [5, 5.41) is 0.753. The Balaban J connectivity index is 1.82. The van der Waals surface area contributed by atoms with Gasteiger partial charge in [-0.15, -0.1) is 11.3 Å². The van der Waals surface area contributed by atoms with Gasteiger partial charge in [-0.25, -0.2) is 0 Å². The van der Waals surface area contributed by atoms with Crippen molar-refractivity contribution in [1.29, 1.82) is 0 Å². The predicted molar refractivity (Wildman–Crippen MR) is 90.9 cm³/mol. The van der Waals surface area contributed by atoms with Crippen LogP contribution >= 0.6 is 23.1 Å². The largest absolute Gasteiger partial charge is 0.379 e. The Hall–Kier alpha value is -1.33. The first-order valence-electron chi connectivity index (χ1n) is 7.29. The summed E-state index contributed by atoms with van der Waals surface area (Å²) in [4.78, 5) is 11.9. The van der Waals surface area contributed by atoms with E-state index in [1.54, 1.807) is 11.8 Å². The smallest absolute Gasteiger partial charge is 0.154 e. The summed E-state index contributed by atoms with van der Waals surface area (Å²) in [5.41, 5.74) is 8.59. The summed E-state index contributed by atoms with van der Waals surface area (Å²) >= 11 is 3.59. The molecule has 1 spiro atoms. The van der Waals surface area contributed by atoms with Crippen LogP contribution < -0.4 is 5.73 Å². The third kappa shape index (κ3) is 2.28. The van der Waals surface area contributed by atoms with Gasteiger partial charge in [0.25, 0.3) is 0 Å². The van der Waals surface area contributed by atoms with E-state index in [0.29, 0.717) is 0 Å². The summed E-state index contributed by atoms with van der Waals surface area (Å²) in [5.74, 6) is 1.08. The van der Waals surface area contributed by atoms with Gasteiger partial charge < -0.3 is 5.73 Å². The molecule has 3 heterocycles. The molecule has 0 bridgehead atoms. The van der Waals surface area contributed by atoms with Crippen molar-refractivity contribution in [1.82, 2.24) is 4.98 Å². The van der Waals surface area contributed by atoms with Crippen molar-refractivity contribution in [3.8, 4) is 10.4 Å². The Morgan fingerprint density at radius 2 is 2.24 bits per heavy atom. The molecule has 5 heteroatoms. The van der Waals surface area contributed by atoms with Crippen molar-refractivity contribution in [3.63, 3.8) is 0 Å². The monoisotopic (exact) mass is 315 g/mol. The average molecular weight is 315 g/mol. The number of thiophene rings is 1. The van der Waals surface area contributed by atoms with Crippen LogP contribution in [0.2, 0.25) is 0 Å². The molecule has 2 aromatic heterocycles. The topological polar surface area (TPSA) is 51.3 Å². The van der Waals surface area contributed by atoms with E-state index in [1.165, 1.54) is 33.7 Å². The van der Waals surface area contributed by atoms with Gasteiger partial charge in [0, 0.05) is 33.5 Å². The molecular weight excluding hydrogens is 298 g/mol. The molecule has 2 aromatic rings. The van der Waals surface area contributed by atoms with E-state index >= 15 is 0 Å². The number of amidine groups is 1. The number of hydrogen-bond donors (Lipinski definition) is 1. The van der Waals surface area contributed by atoms with Gasteiger partial charge in [0.05, 0.1) is 5.54 Å². The van der Waals surface area contributed by atoms with Crippen molar-refractivity contribution < 1.29 is 0 Å². The molecule has 0 saturated heterocycles. The molecule has 0 radical (unpaired) electrons. The molecule has 0 aromatic carbocycles. The van der Waals surface area contributed by atoms with Crippen molar-refractivity contribution in [2.75, 3.05) is 5.75 Å². The number of aromatic nitrogens is 1. The van der Waals surface area contributed by atoms with Gasteiger partial charge in [0.2, 0.25) is 0 Å². The number of thioether (sulfide) groups is 1. The predicted octanol–water partition coefficient (Wildman–Crippen LogP) is 3.79. The van der Waals surface area contributed by atoms with Crippen LogP contribution in [0.4, 0.5) is 0 Å². The van der Waals surface area contributed by atoms with Crippen LogP contribution in [0.25, 0.3) is 10.4 Å². The second-order valence-corrected chi connectivity index (χ2v) is 7.87. The van der Waals surface area contributed by atoms with Gasteiger partial charge in [0.1, 0.15) is 0 Å². The maximum Gasteiger partial charge on any atom is 0.154 e. The minimum Gasteiger partial charge on any atom is -0.379 e. The molecule has 2 aliphatic rings. The van der Waals surface area contributed by atoms with E-state index in [9.17, 15) is 0 Å². The van der Waals surface area contributed by atoms with Gasteiger partial charge in [0.15, 0.2) is 5.17 Å². The van der Waals surface area contributed by atoms with Crippen LogP contribution in [0.3, 0.4) is 0 Å². The molecule has 0 fully saturated rings. The highest BCUT2D eigenvalue weighted by Gasteiger charge is 2.39. The Bertz CT molecular complexity index is 693. The van der Waals surface area contributed by atoms with Crippen molar-refractivity contribution >= 4 is 28.3 Å². The second kappa shape index (κ2) is 5.14. The Morgan fingerprint density at radius 3 is 3.05 bits per heavy atom. The van der Waals surface area contributed by atoms with Gasteiger partial charge in [-0.1, -0.05) is 17.8 Å². The van der Waals surface area contributed by atoms with Gasteiger partial charge in [-0.3, -0.25) is 9.98 Å². The van der Waals surface area contributed by atoms with E-state index in [0.717, 1.165) is 23.8 Å². The lowest BCUT2D eigenvalue weighted by molar-refractivity contribution is 0.368. The van der Waals surface area contributed by atoms with E-state index in [1.807, 2.05) is 29.8 Å². The maximum absolute atomic E-state index is 6.02. The molecule has 21 heavy (non-hydrogen) atoms. The quantitative estimate of drug-likeness (QED) is 0.871. The molecule has 2 N–H and O–H groups in total. The Kier molecular flexibility index (Phi) is 3.27. The summed E-state index contributed by atoms with van der Waals surface area (Å²) in [7, 11) is 0. The lowest BCUT2D eigenvalue weighted by Gasteiger charge is -2.36.